The van der Waals surface area contributed by atoms with Crippen LogP contribution in [-0.2, 0) is 0 Å². The van der Waals surface area contributed by atoms with Gasteiger partial charge in [0.15, 0.2) is 0 Å². The Morgan fingerprint density at radius 2 is 1.96 bits per heavy atom. The third-order valence-corrected chi connectivity index (χ3v) is 3.69. The molecule has 0 fully saturated rings. The van der Waals surface area contributed by atoms with Crippen molar-refractivity contribution in [3.05, 3.63) is 64.7 Å². The number of hydrogen-bond donors (Lipinski definition) is 3. The molecule has 2 rings (SSSR count). The number of urea groups is 1. The number of hydrogen-bond acceptors (Lipinski definition) is 3. The standard InChI is InChI=1S/C16H17ClFN3O2/c1-10(11-4-6-19-7-5-11)20-16(23)21-15(9-22)12-2-3-13(17)14(18)8-12/h2-8,10,15,22H,9H2,1H3,(H2,20,21,23). The average Bonchev–Trinajstić information content (AvgIpc) is 2.56. The van der Waals surface area contributed by atoms with Crippen molar-refractivity contribution in [3.8, 4) is 0 Å². The van der Waals surface area contributed by atoms with Crippen molar-refractivity contribution in [1.82, 2.24) is 15.6 Å². The van der Waals surface area contributed by atoms with Crippen LogP contribution in [0, 0.1) is 5.82 Å². The zero-order valence-corrected chi connectivity index (χ0v) is 13.2. The van der Waals surface area contributed by atoms with Gasteiger partial charge in [0.1, 0.15) is 5.82 Å². The summed E-state index contributed by atoms with van der Waals surface area (Å²) in [6.45, 7) is 1.46. The molecule has 23 heavy (non-hydrogen) atoms. The van der Waals surface area contributed by atoms with Crippen molar-refractivity contribution < 1.29 is 14.3 Å². The lowest BCUT2D eigenvalue weighted by Crippen LogP contribution is -2.40. The van der Waals surface area contributed by atoms with E-state index in [1.807, 2.05) is 6.92 Å². The summed E-state index contributed by atoms with van der Waals surface area (Å²) in [5.41, 5.74) is 1.33. The van der Waals surface area contributed by atoms with Crippen molar-refractivity contribution in [1.29, 1.82) is 0 Å². The highest BCUT2D eigenvalue weighted by atomic mass is 35.5. The van der Waals surface area contributed by atoms with Crippen LogP contribution in [0.2, 0.25) is 5.02 Å². The second-order valence-corrected chi connectivity index (χ2v) is 5.44. The zero-order valence-electron chi connectivity index (χ0n) is 12.5. The second-order valence-electron chi connectivity index (χ2n) is 5.03. The number of pyridine rings is 1. The first-order valence-electron chi connectivity index (χ1n) is 7.04. The number of aromatic nitrogens is 1. The van der Waals surface area contributed by atoms with Crippen molar-refractivity contribution in [3.63, 3.8) is 0 Å². The molecule has 0 aliphatic rings. The van der Waals surface area contributed by atoms with E-state index in [-0.39, 0.29) is 17.7 Å². The molecule has 0 bridgehead atoms. The van der Waals surface area contributed by atoms with Gasteiger partial charge in [0.25, 0.3) is 0 Å². The predicted molar refractivity (Wildman–Crippen MR) is 85.6 cm³/mol. The van der Waals surface area contributed by atoms with Crippen LogP contribution in [-0.4, -0.2) is 22.7 Å². The van der Waals surface area contributed by atoms with E-state index in [2.05, 4.69) is 15.6 Å². The van der Waals surface area contributed by atoms with Gasteiger partial charge in [0.05, 0.1) is 23.7 Å². The number of nitrogens with zero attached hydrogens (tertiary/aromatic N) is 1. The number of carbonyl (C=O) groups excluding carboxylic acids is 1. The Bertz CT molecular complexity index is 670. The van der Waals surface area contributed by atoms with Crippen molar-refractivity contribution in [2.24, 2.45) is 0 Å². The van der Waals surface area contributed by atoms with Gasteiger partial charge in [-0.25, -0.2) is 9.18 Å². The lowest BCUT2D eigenvalue weighted by Gasteiger charge is -2.20. The quantitative estimate of drug-likeness (QED) is 0.785. The van der Waals surface area contributed by atoms with Crippen LogP contribution in [0.3, 0.4) is 0 Å². The van der Waals surface area contributed by atoms with Gasteiger partial charge in [-0.1, -0.05) is 17.7 Å². The van der Waals surface area contributed by atoms with E-state index in [0.717, 1.165) is 5.56 Å². The monoisotopic (exact) mass is 337 g/mol. The van der Waals surface area contributed by atoms with E-state index in [1.54, 1.807) is 30.6 Å². The third kappa shape index (κ3) is 4.64. The Morgan fingerprint density at radius 1 is 1.26 bits per heavy atom. The van der Waals surface area contributed by atoms with E-state index < -0.39 is 17.9 Å². The lowest BCUT2D eigenvalue weighted by atomic mass is 10.1. The first-order valence-corrected chi connectivity index (χ1v) is 7.42. The maximum absolute atomic E-state index is 13.5. The van der Waals surface area contributed by atoms with Gasteiger partial charge in [-0.05, 0) is 42.3 Å². The van der Waals surface area contributed by atoms with E-state index in [4.69, 9.17) is 11.6 Å². The molecule has 0 spiro atoms. The molecule has 1 aromatic heterocycles. The van der Waals surface area contributed by atoms with E-state index in [9.17, 15) is 14.3 Å². The first kappa shape index (κ1) is 17.2. The minimum atomic E-state index is -0.730. The Hall–Kier alpha value is -2.18. The van der Waals surface area contributed by atoms with Crippen molar-refractivity contribution in [2.75, 3.05) is 6.61 Å². The smallest absolute Gasteiger partial charge is 0.315 e. The molecule has 2 amide bonds. The van der Waals surface area contributed by atoms with Gasteiger partial charge in [0.2, 0.25) is 0 Å². The third-order valence-electron chi connectivity index (χ3n) is 3.39. The molecule has 2 unspecified atom stereocenters. The number of rotatable bonds is 5. The van der Waals surface area contributed by atoms with Gasteiger partial charge in [0, 0.05) is 12.4 Å². The van der Waals surface area contributed by atoms with Crippen molar-refractivity contribution in [2.45, 2.75) is 19.0 Å². The molecule has 0 aliphatic heterocycles. The summed E-state index contributed by atoms with van der Waals surface area (Å²) in [6.07, 6.45) is 3.27. The van der Waals surface area contributed by atoms with Gasteiger partial charge in [-0.3, -0.25) is 4.98 Å². The molecule has 7 heteroatoms. The first-order chi connectivity index (χ1) is 11.0. The van der Waals surface area contributed by atoms with Crippen LogP contribution in [0.4, 0.5) is 9.18 Å². The lowest BCUT2D eigenvalue weighted by molar-refractivity contribution is 0.214. The summed E-state index contributed by atoms with van der Waals surface area (Å²) in [5.74, 6) is -0.602. The maximum Gasteiger partial charge on any atom is 0.315 e. The van der Waals surface area contributed by atoms with E-state index >= 15 is 0 Å². The minimum Gasteiger partial charge on any atom is -0.394 e. The van der Waals surface area contributed by atoms with Gasteiger partial charge >= 0.3 is 6.03 Å². The molecule has 2 aromatic rings. The van der Waals surface area contributed by atoms with Crippen LogP contribution < -0.4 is 10.6 Å². The normalized spacial score (nSPS) is 13.2. The number of aliphatic hydroxyl groups is 1. The predicted octanol–water partition coefficient (Wildman–Crippen LogP) is 2.97. The van der Waals surface area contributed by atoms with Crippen LogP contribution in [0.1, 0.15) is 30.1 Å². The molecule has 0 saturated heterocycles. The average molecular weight is 338 g/mol. The largest absolute Gasteiger partial charge is 0.394 e. The molecule has 0 aliphatic carbocycles. The topological polar surface area (TPSA) is 74.2 Å². The highest BCUT2D eigenvalue weighted by molar-refractivity contribution is 6.30. The van der Waals surface area contributed by atoms with Gasteiger partial charge < -0.3 is 15.7 Å². The molecule has 122 valence electrons. The Balaban J connectivity index is 2.01. The fourth-order valence-electron chi connectivity index (χ4n) is 2.10. The number of nitrogens with one attached hydrogen (secondary N) is 2. The molecule has 0 saturated carbocycles. The fourth-order valence-corrected chi connectivity index (χ4v) is 2.21. The van der Waals surface area contributed by atoms with E-state index in [0.29, 0.717) is 5.56 Å². The molecule has 3 N–H and O–H groups in total. The molecule has 2 atom stereocenters. The second kappa shape index (κ2) is 7.89. The molecule has 1 aromatic carbocycles. The summed E-state index contributed by atoms with van der Waals surface area (Å²) in [7, 11) is 0. The molecular formula is C16H17ClFN3O2. The number of amides is 2. The van der Waals surface area contributed by atoms with Crippen LogP contribution in [0.25, 0.3) is 0 Å². The van der Waals surface area contributed by atoms with E-state index in [1.165, 1.54) is 12.1 Å². The summed E-state index contributed by atoms with van der Waals surface area (Å²) >= 11 is 5.63. The van der Waals surface area contributed by atoms with Gasteiger partial charge in [-0.15, -0.1) is 0 Å². The summed E-state index contributed by atoms with van der Waals surface area (Å²) in [5, 5.41) is 14.8. The number of aliphatic hydroxyl groups excluding tert-OH is 1. The zero-order chi connectivity index (χ0) is 16.8. The fraction of sp³-hybridized carbons (Fsp3) is 0.250. The number of carbonyl (C=O) groups is 1. The van der Waals surface area contributed by atoms with Gasteiger partial charge in [-0.2, -0.15) is 0 Å². The van der Waals surface area contributed by atoms with Crippen LogP contribution in [0.15, 0.2) is 42.7 Å². The molecular weight excluding hydrogens is 321 g/mol. The van der Waals surface area contributed by atoms with Crippen LogP contribution >= 0.6 is 11.6 Å². The summed E-state index contributed by atoms with van der Waals surface area (Å²) in [4.78, 5) is 16.0. The Kier molecular flexibility index (Phi) is 5.90. The highest BCUT2D eigenvalue weighted by Crippen LogP contribution is 2.20. The Morgan fingerprint density at radius 3 is 2.57 bits per heavy atom. The van der Waals surface area contributed by atoms with Crippen molar-refractivity contribution >= 4 is 17.6 Å². The van der Waals surface area contributed by atoms with Crippen LogP contribution in [0.5, 0.6) is 0 Å². The molecule has 5 nitrogen and oxygen atoms in total. The minimum absolute atomic E-state index is 0.0128. The summed E-state index contributed by atoms with van der Waals surface area (Å²) < 4.78 is 13.5. The molecule has 1 heterocycles. The number of benzene rings is 1. The molecule has 0 radical (unpaired) electrons. The highest BCUT2D eigenvalue weighted by Gasteiger charge is 2.17. The summed E-state index contributed by atoms with van der Waals surface area (Å²) in [6, 6.07) is 6.28. The SMILES string of the molecule is CC(NC(=O)NC(CO)c1ccc(Cl)c(F)c1)c1ccncc1. The Labute approximate surface area is 138 Å². The number of halogens is 2. The maximum atomic E-state index is 13.5.